The summed E-state index contributed by atoms with van der Waals surface area (Å²) >= 11 is 6.45. The van der Waals surface area contributed by atoms with Gasteiger partial charge in [0, 0.05) is 43.2 Å². The molecule has 10 nitrogen and oxygen atoms in total. The molecule has 49 heavy (non-hydrogen) atoms. The summed E-state index contributed by atoms with van der Waals surface area (Å²) in [5.74, 6) is 0.330. The van der Waals surface area contributed by atoms with Crippen molar-refractivity contribution in [3.8, 4) is 5.75 Å². The first kappa shape index (κ1) is 35.0. The van der Waals surface area contributed by atoms with Crippen LogP contribution in [0.3, 0.4) is 0 Å². The van der Waals surface area contributed by atoms with Crippen LogP contribution in [0.4, 0.5) is 5.69 Å². The number of carbonyl (C=O) groups excluding carboxylic acids is 2. The lowest BCUT2D eigenvalue weighted by atomic mass is 9.70. The van der Waals surface area contributed by atoms with E-state index in [1.807, 2.05) is 13.0 Å². The Bertz CT molecular complexity index is 1840. The van der Waals surface area contributed by atoms with Crippen LogP contribution < -0.4 is 14.4 Å². The Hall–Kier alpha value is -3.80. The number of fused-ring (bicyclic) bond motifs is 3. The summed E-state index contributed by atoms with van der Waals surface area (Å²) < 4.78 is 33.6. The zero-order valence-corrected chi connectivity index (χ0v) is 29.8. The normalized spacial score (nSPS) is 26.8. The third kappa shape index (κ3) is 8.51. The van der Waals surface area contributed by atoms with Crippen molar-refractivity contribution < 1.29 is 23.3 Å². The van der Waals surface area contributed by atoms with Crippen LogP contribution in [0, 0.1) is 24.7 Å². The number of hydrogen-bond donors (Lipinski definition) is 1. The zero-order chi connectivity index (χ0) is 34.5. The molecule has 3 aromatic rings. The van der Waals surface area contributed by atoms with Crippen LogP contribution in [0.25, 0.3) is 0 Å². The van der Waals surface area contributed by atoms with Crippen LogP contribution >= 0.6 is 11.6 Å². The molecule has 1 aliphatic carbocycles. The van der Waals surface area contributed by atoms with Crippen LogP contribution in [0.1, 0.15) is 76.7 Å². The molecule has 2 bridgehead atoms. The highest BCUT2D eigenvalue weighted by molar-refractivity contribution is 7.92. The number of amides is 2. The van der Waals surface area contributed by atoms with Gasteiger partial charge in [0.15, 0.2) is 0 Å². The Morgan fingerprint density at radius 1 is 1.10 bits per heavy atom. The van der Waals surface area contributed by atoms with Crippen molar-refractivity contribution in [3.63, 3.8) is 0 Å². The first-order valence-corrected chi connectivity index (χ1v) is 19.1. The van der Waals surface area contributed by atoms with Crippen LogP contribution in [-0.2, 0) is 27.6 Å². The van der Waals surface area contributed by atoms with Gasteiger partial charge in [-0.3, -0.25) is 14.3 Å². The van der Waals surface area contributed by atoms with E-state index in [1.165, 1.54) is 23.5 Å². The summed E-state index contributed by atoms with van der Waals surface area (Å²) in [4.78, 5) is 37.6. The van der Waals surface area contributed by atoms with Crippen molar-refractivity contribution in [1.29, 1.82) is 0 Å². The number of halogens is 1. The largest absolute Gasteiger partial charge is 0.491 e. The van der Waals surface area contributed by atoms with Gasteiger partial charge < -0.3 is 14.4 Å². The molecule has 5 atom stereocenters. The second kappa shape index (κ2) is 15.4. The maximum Gasteiger partial charge on any atom is 0.286 e. The number of aryl methyl sites for hydroxylation is 2. The number of nitrogens with zero attached hydrogens (tertiary/aromatic N) is 4. The first-order valence-electron chi connectivity index (χ1n) is 17.0. The molecule has 1 unspecified atom stereocenters. The van der Waals surface area contributed by atoms with Gasteiger partial charge in [-0.05, 0) is 105 Å². The molecule has 1 saturated carbocycles. The lowest BCUT2D eigenvalue weighted by molar-refractivity contribution is 0.0133. The van der Waals surface area contributed by atoms with Gasteiger partial charge in [0.05, 0.1) is 29.7 Å². The number of benzene rings is 2. The quantitative estimate of drug-likeness (QED) is 0.297. The van der Waals surface area contributed by atoms with Gasteiger partial charge in [-0.1, -0.05) is 36.7 Å². The highest BCUT2D eigenvalue weighted by Crippen LogP contribution is 2.42. The topological polar surface area (TPSA) is 123 Å². The molecule has 0 radical (unpaired) electrons. The monoisotopic (exact) mass is 705 g/mol. The lowest BCUT2D eigenvalue weighted by Gasteiger charge is -2.43. The molecule has 1 aromatic heterocycles. The highest BCUT2D eigenvalue weighted by atomic mass is 35.5. The van der Waals surface area contributed by atoms with Crippen LogP contribution in [0.2, 0.25) is 5.02 Å². The minimum atomic E-state index is -3.56. The van der Waals surface area contributed by atoms with Gasteiger partial charge >= 0.3 is 0 Å². The number of allylic oxidation sites excluding steroid dienone is 1. The molecular formula is C37H44ClN5O5S. The molecule has 3 heterocycles. The molecule has 2 aliphatic heterocycles. The van der Waals surface area contributed by atoms with E-state index in [4.69, 9.17) is 21.1 Å². The number of ether oxygens (including phenoxy) is 2. The van der Waals surface area contributed by atoms with E-state index in [9.17, 15) is 13.8 Å². The molecule has 1 fully saturated rings. The number of hydrogen-bond acceptors (Lipinski definition) is 8. The van der Waals surface area contributed by atoms with Crippen LogP contribution in [-0.4, -0.2) is 58.1 Å². The molecule has 0 saturated heterocycles. The highest BCUT2D eigenvalue weighted by Gasteiger charge is 2.38. The molecule has 260 valence electrons. The third-order valence-electron chi connectivity index (χ3n) is 9.70. The minimum absolute atomic E-state index is 0.0231. The average Bonchev–Trinajstić information content (AvgIpc) is 3.08. The minimum Gasteiger partial charge on any atom is -0.491 e. The SMILES string of the molecule is CO[C@H]1/C=C/C[C@H](C)CS(=O)(NC(=O)c2cnc(C)nc2)=NC(=O)c2ccc3c(c2)N(Cc2ccc(Cl)cc2CCCCO3)C[C@@H]2CC[C@H]21. The number of nitrogens with one attached hydrogen (secondary N) is 1. The van der Waals surface area contributed by atoms with E-state index in [0.29, 0.717) is 48.0 Å². The van der Waals surface area contributed by atoms with Gasteiger partial charge in [0.2, 0.25) is 0 Å². The molecule has 3 aliphatic rings. The van der Waals surface area contributed by atoms with E-state index in [2.05, 4.69) is 48.2 Å². The number of aromatic nitrogens is 2. The molecule has 12 heteroatoms. The van der Waals surface area contributed by atoms with Crippen molar-refractivity contribution in [2.75, 3.05) is 30.9 Å². The molecular weight excluding hydrogens is 662 g/mol. The van der Waals surface area contributed by atoms with E-state index in [0.717, 1.165) is 44.3 Å². The Balaban J connectivity index is 1.45. The number of methoxy groups -OCH3 is 1. The summed E-state index contributed by atoms with van der Waals surface area (Å²) in [5, 5.41) is 0.710. The molecule has 2 aromatic carbocycles. The molecule has 0 spiro atoms. The smallest absolute Gasteiger partial charge is 0.286 e. The Labute approximate surface area is 294 Å². The standard InChI is InChI=1S/C37H44ClN5O5S/c1-24-7-6-9-34(47-3)32-14-11-29(32)22-43-21-28-10-13-31(38)17-26(28)8-4-5-16-48-35-15-12-27(18-33(35)43)36(44)41-49(46,23-24)42-37(45)30-19-39-25(2)40-20-30/h6,9-10,12-13,15,17-20,24,29,32,34H,4-5,7-8,11,14,16,21-23H2,1-3H3,(H,41,42,44,45,46)/b9-6+/t24-,29-,32+,34-,49?/m0/s1. The maximum absolute atomic E-state index is 14.4. The van der Waals surface area contributed by atoms with Crippen molar-refractivity contribution >= 4 is 39.0 Å². The molecule has 1 N–H and O–H groups in total. The van der Waals surface area contributed by atoms with Crippen molar-refractivity contribution in [3.05, 3.63) is 94.0 Å². The second-order valence-corrected chi connectivity index (χ2v) is 15.8. The van der Waals surface area contributed by atoms with Gasteiger partial charge in [-0.2, -0.15) is 0 Å². The fourth-order valence-electron chi connectivity index (χ4n) is 6.89. The van der Waals surface area contributed by atoms with E-state index < -0.39 is 21.7 Å². The van der Waals surface area contributed by atoms with Crippen LogP contribution in [0.15, 0.2) is 65.3 Å². The Morgan fingerprint density at radius 2 is 1.92 bits per heavy atom. The first-order chi connectivity index (χ1) is 23.6. The summed E-state index contributed by atoms with van der Waals surface area (Å²) in [7, 11) is -1.81. The van der Waals surface area contributed by atoms with Gasteiger partial charge in [-0.25, -0.2) is 14.2 Å². The third-order valence-corrected chi connectivity index (χ3v) is 11.9. The predicted molar refractivity (Wildman–Crippen MR) is 191 cm³/mol. The number of carbonyl (C=O) groups is 2. The average molecular weight is 706 g/mol. The Kier molecular flexibility index (Phi) is 11.0. The number of rotatable bonds is 3. The molecule has 6 rings (SSSR count). The summed E-state index contributed by atoms with van der Waals surface area (Å²) in [5.41, 5.74) is 3.54. The maximum atomic E-state index is 14.4. The fourth-order valence-corrected chi connectivity index (χ4v) is 8.97. The fraction of sp³-hybridized carbons (Fsp3) is 0.459. The van der Waals surface area contributed by atoms with Gasteiger partial charge in [0.25, 0.3) is 11.8 Å². The van der Waals surface area contributed by atoms with E-state index >= 15 is 0 Å². The van der Waals surface area contributed by atoms with E-state index in [1.54, 1.807) is 32.2 Å². The van der Waals surface area contributed by atoms with Gasteiger partial charge in [-0.15, -0.1) is 4.36 Å². The van der Waals surface area contributed by atoms with E-state index in [-0.39, 0.29) is 28.9 Å². The van der Waals surface area contributed by atoms with Gasteiger partial charge in [0.1, 0.15) is 21.5 Å². The van der Waals surface area contributed by atoms with Crippen molar-refractivity contribution in [2.45, 2.75) is 65.0 Å². The summed E-state index contributed by atoms with van der Waals surface area (Å²) in [6.07, 6.45) is 12.2. The van der Waals surface area contributed by atoms with Crippen molar-refractivity contribution in [1.82, 2.24) is 14.7 Å². The zero-order valence-electron chi connectivity index (χ0n) is 28.3. The Morgan fingerprint density at radius 3 is 2.67 bits per heavy atom. The van der Waals surface area contributed by atoms with Crippen molar-refractivity contribution in [2.24, 2.45) is 22.1 Å². The summed E-state index contributed by atoms with van der Waals surface area (Å²) in [6.45, 7) is 5.49. The number of anilines is 1. The lowest BCUT2D eigenvalue weighted by Crippen LogP contribution is -2.43. The predicted octanol–water partition coefficient (Wildman–Crippen LogP) is 6.75. The second-order valence-electron chi connectivity index (χ2n) is 13.4. The summed E-state index contributed by atoms with van der Waals surface area (Å²) in [6, 6.07) is 11.3. The molecule has 2 amide bonds. The van der Waals surface area contributed by atoms with Crippen LogP contribution in [0.5, 0.6) is 5.75 Å².